The van der Waals surface area contributed by atoms with Crippen LogP contribution in [-0.2, 0) is 26.0 Å². The molecule has 1 N–H and O–H groups in total. The summed E-state index contributed by atoms with van der Waals surface area (Å²) in [6.45, 7) is 6.36. The van der Waals surface area contributed by atoms with Gasteiger partial charge in [-0.15, -0.1) is 0 Å². The van der Waals surface area contributed by atoms with Crippen LogP contribution in [0.2, 0.25) is 0 Å². The van der Waals surface area contributed by atoms with Crippen LogP contribution >= 0.6 is 0 Å². The zero-order chi connectivity index (χ0) is 23.4. The summed E-state index contributed by atoms with van der Waals surface area (Å²) in [4.78, 5) is 30.0. The van der Waals surface area contributed by atoms with E-state index in [1.165, 1.54) is 19.3 Å². The van der Waals surface area contributed by atoms with Crippen LogP contribution in [0.5, 0.6) is 0 Å². The first-order chi connectivity index (χ1) is 15.9. The molecule has 1 unspecified atom stereocenters. The van der Waals surface area contributed by atoms with Gasteiger partial charge in [-0.3, -0.25) is 14.5 Å². The first-order valence-corrected chi connectivity index (χ1v) is 13.8. The van der Waals surface area contributed by atoms with Gasteiger partial charge >= 0.3 is 0 Å². The lowest BCUT2D eigenvalue weighted by atomic mass is 10.1. The van der Waals surface area contributed by atoms with E-state index < -0.39 is 16.1 Å². The first kappa shape index (κ1) is 24.2. The highest BCUT2D eigenvalue weighted by atomic mass is 32.2. The number of sulfonamides is 1. The number of hydrogen-bond acceptors (Lipinski definition) is 5. The summed E-state index contributed by atoms with van der Waals surface area (Å²) < 4.78 is 27.8. The molecular formula is C24H36N4O4S. The summed E-state index contributed by atoms with van der Waals surface area (Å²) >= 11 is 0. The number of amides is 2. The molecule has 182 valence electrons. The Morgan fingerprint density at radius 2 is 1.67 bits per heavy atom. The fraction of sp³-hybridized carbons (Fsp3) is 0.667. The Labute approximate surface area is 197 Å². The second-order valence-corrected chi connectivity index (χ2v) is 11.2. The summed E-state index contributed by atoms with van der Waals surface area (Å²) in [6.07, 6.45) is 7.10. The zero-order valence-corrected chi connectivity index (χ0v) is 20.4. The Balaban J connectivity index is 1.48. The lowest BCUT2D eigenvalue weighted by Gasteiger charge is -2.28. The number of fused-ring (bicyclic) bond motifs is 1. The molecule has 33 heavy (non-hydrogen) atoms. The number of likely N-dealkylation sites (tertiary alicyclic amines) is 1. The van der Waals surface area contributed by atoms with Gasteiger partial charge in [0.1, 0.15) is 6.04 Å². The first-order valence-electron chi connectivity index (χ1n) is 12.4. The fourth-order valence-corrected chi connectivity index (χ4v) is 6.74. The molecule has 3 heterocycles. The lowest BCUT2D eigenvalue weighted by molar-refractivity contribution is -0.126. The molecule has 2 fully saturated rings. The van der Waals surface area contributed by atoms with E-state index in [1.54, 1.807) is 34.3 Å². The third-order valence-electron chi connectivity index (χ3n) is 7.04. The molecule has 9 heteroatoms. The van der Waals surface area contributed by atoms with Crippen LogP contribution in [-0.4, -0.2) is 74.7 Å². The molecule has 1 aromatic carbocycles. The molecule has 0 saturated carbocycles. The molecule has 8 nitrogen and oxygen atoms in total. The van der Waals surface area contributed by atoms with Gasteiger partial charge in [0, 0.05) is 44.7 Å². The van der Waals surface area contributed by atoms with E-state index in [4.69, 9.17) is 0 Å². The number of nitrogens with one attached hydrogen (secondary N) is 1. The topological polar surface area (TPSA) is 90.0 Å². The summed E-state index contributed by atoms with van der Waals surface area (Å²) in [5.74, 6) is -0.304. The standard InChI is InChI=1S/C24H36N4O4S/c1-2-23(29)28-21-10-9-20(33(31,32)27-14-7-4-8-15-27)17-19(21)18-22(28)24(30)25-11-16-26-12-5-3-6-13-26/h9-10,17,22H,2-8,11-16,18H2,1H3,(H,25,30). The highest BCUT2D eigenvalue weighted by Gasteiger charge is 2.38. The number of anilines is 1. The Hall–Kier alpha value is -1.97. The number of carbonyl (C=O) groups excluding carboxylic acids is 2. The van der Waals surface area contributed by atoms with Crippen LogP contribution in [0.25, 0.3) is 0 Å². The largest absolute Gasteiger partial charge is 0.353 e. The lowest BCUT2D eigenvalue weighted by Crippen LogP contribution is -2.49. The number of carbonyl (C=O) groups is 2. The van der Waals surface area contributed by atoms with Crippen LogP contribution < -0.4 is 10.2 Å². The Kier molecular flexibility index (Phi) is 7.71. The van der Waals surface area contributed by atoms with Gasteiger partial charge in [0.05, 0.1) is 4.90 Å². The number of rotatable bonds is 7. The fourth-order valence-electron chi connectivity index (χ4n) is 5.17. The molecule has 0 aromatic heterocycles. The SMILES string of the molecule is CCC(=O)N1c2ccc(S(=O)(=O)N3CCCCC3)cc2CC1C(=O)NCCN1CCCCC1. The molecule has 0 spiro atoms. The Morgan fingerprint density at radius 3 is 2.33 bits per heavy atom. The van der Waals surface area contributed by atoms with Crippen molar-refractivity contribution in [3.8, 4) is 0 Å². The van der Waals surface area contributed by atoms with E-state index in [0.29, 0.717) is 31.7 Å². The second-order valence-electron chi connectivity index (χ2n) is 9.29. The summed E-state index contributed by atoms with van der Waals surface area (Å²) in [7, 11) is -3.57. The van der Waals surface area contributed by atoms with Gasteiger partial charge in [0.15, 0.2) is 0 Å². The molecule has 0 bridgehead atoms. The van der Waals surface area contributed by atoms with Crippen LogP contribution in [0, 0.1) is 0 Å². The maximum Gasteiger partial charge on any atom is 0.243 e. The number of nitrogens with zero attached hydrogens (tertiary/aromatic N) is 3. The van der Waals surface area contributed by atoms with Crippen molar-refractivity contribution in [3.05, 3.63) is 23.8 Å². The molecular weight excluding hydrogens is 440 g/mol. The normalized spacial score (nSPS) is 22.2. The minimum Gasteiger partial charge on any atom is -0.353 e. The molecule has 3 aliphatic heterocycles. The highest BCUT2D eigenvalue weighted by Crippen LogP contribution is 2.35. The summed E-state index contributed by atoms with van der Waals surface area (Å²) in [6, 6.07) is 4.30. The smallest absolute Gasteiger partial charge is 0.243 e. The third kappa shape index (κ3) is 5.25. The molecule has 0 aliphatic carbocycles. The molecule has 0 radical (unpaired) electrons. The average Bonchev–Trinajstić information content (AvgIpc) is 3.24. The van der Waals surface area contributed by atoms with Gasteiger partial charge < -0.3 is 10.2 Å². The Bertz CT molecular complexity index is 969. The van der Waals surface area contributed by atoms with E-state index in [2.05, 4.69) is 10.2 Å². The second kappa shape index (κ2) is 10.5. The Morgan fingerprint density at radius 1 is 1.00 bits per heavy atom. The molecule has 2 saturated heterocycles. The number of benzene rings is 1. The highest BCUT2D eigenvalue weighted by molar-refractivity contribution is 7.89. The van der Waals surface area contributed by atoms with Gasteiger partial charge in [-0.05, 0) is 62.5 Å². The van der Waals surface area contributed by atoms with Crippen LogP contribution in [0.15, 0.2) is 23.1 Å². The number of piperidine rings is 2. The van der Waals surface area contributed by atoms with Crippen LogP contribution in [0.4, 0.5) is 5.69 Å². The van der Waals surface area contributed by atoms with Crippen molar-refractivity contribution in [2.24, 2.45) is 0 Å². The third-order valence-corrected chi connectivity index (χ3v) is 8.93. The monoisotopic (exact) mass is 476 g/mol. The van der Waals surface area contributed by atoms with Crippen molar-refractivity contribution in [1.29, 1.82) is 0 Å². The van der Waals surface area contributed by atoms with Gasteiger partial charge in [0.25, 0.3) is 0 Å². The van der Waals surface area contributed by atoms with E-state index in [9.17, 15) is 18.0 Å². The van der Waals surface area contributed by atoms with Crippen molar-refractivity contribution in [2.75, 3.05) is 44.2 Å². The van der Waals surface area contributed by atoms with E-state index in [0.717, 1.165) is 44.5 Å². The van der Waals surface area contributed by atoms with Crippen LogP contribution in [0.1, 0.15) is 57.4 Å². The minimum atomic E-state index is -3.57. The molecule has 4 rings (SSSR count). The average molecular weight is 477 g/mol. The van der Waals surface area contributed by atoms with Gasteiger partial charge in [-0.1, -0.05) is 19.8 Å². The summed E-state index contributed by atoms with van der Waals surface area (Å²) in [5, 5.41) is 3.01. The van der Waals surface area contributed by atoms with Gasteiger partial charge in [-0.25, -0.2) is 8.42 Å². The quantitative estimate of drug-likeness (QED) is 0.651. The maximum absolute atomic E-state index is 13.1. The predicted octanol–water partition coefficient (Wildman–Crippen LogP) is 2.13. The van der Waals surface area contributed by atoms with Crippen molar-refractivity contribution >= 4 is 27.5 Å². The zero-order valence-electron chi connectivity index (χ0n) is 19.6. The van der Waals surface area contributed by atoms with Crippen LogP contribution in [0.3, 0.4) is 0 Å². The predicted molar refractivity (Wildman–Crippen MR) is 128 cm³/mol. The molecule has 1 aromatic rings. The van der Waals surface area contributed by atoms with E-state index >= 15 is 0 Å². The molecule has 2 amide bonds. The van der Waals surface area contributed by atoms with Crippen molar-refractivity contribution in [2.45, 2.75) is 69.2 Å². The van der Waals surface area contributed by atoms with Crippen molar-refractivity contribution in [1.82, 2.24) is 14.5 Å². The maximum atomic E-state index is 13.1. The van der Waals surface area contributed by atoms with Gasteiger partial charge in [0.2, 0.25) is 21.8 Å². The van der Waals surface area contributed by atoms with E-state index in [1.807, 2.05) is 0 Å². The molecule has 1 atom stereocenters. The van der Waals surface area contributed by atoms with Crippen molar-refractivity contribution in [3.63, 3.8) is 0 Å². The van der Waals surface area contributed by atoms with Crippen molar-refractivity contribution < 1.29 is 18.0 Å². The summed E-state index contributed by atoms with van der Waals surface area (Å²) in [5.41, 5.74) is 1.39. The molecule has 3 aliphatic rings. The van der Waals surface area contributed by atoms with E-state index in [-0.39, 0.29) is 23.1 Å². The minimum absolute atomic E-state index is 0.128. The number of hydrogen-bond donors (Lipinski definition) is 1. The van der Waals surface area contributed by atoms with Gasteiger partial charge in [-0.2, -0.15) is 4.31 Å².